The van der Waals surface area contributed by atoms with Crippen molar-refractivity contribution in [2.24, 2.45) is 5.73 Å². The summed E-state index contributed by atoms with van der Waals surface area (Å²) < 4.78 is 2.02. The average Bonchev–Trinajstić information content (AvgIpc) is 2.80. The van der Waals surface area contributed by atoms with Crippen LogP contribution in [0.5, 0.6) is 0 Å². The van der Waals surface area contributed by atoms with Crippen molar-refractivity contribution in [1.82, 2.24) is 19.6 Å². The number of piperazine rings is 1. The summed E-state index contributed by atoms with van der Waals surface area (Å²) >= 11 is 0. The summed E-state index contributed by atoms with van der Waals surface area (Å²) in [6.07, 6.45) is 4.07. The molecular formula is C14H19N5O. The Morgan fingerprint density at radius 2 is 2.35 bits per heavy atom. The van der Waals surface area contributed by atoms with E-state index >= 15 is 0 Å². The molecule has 1 unspecified atom stereocenters. The van der Waals surface area contributed by atoms with Gasteiger partial charge in [-0.2, -0.15) is 0 Å². The fraction of sp³-hybridized carbons (Fsp3) is 0.429. The van der Waals surface area contributed by atoms with E-state index in [0.29, 0.717) is 13.1 Å². The van der Waals surface area contributed by atoms with E-state index < -0.39 is 0 Å². The zero-order chi connectivity index (χ0) is 14.1. The minimum absolute atomic E-state index is 0.254. The highest BCUT2D eigenvalue weighted by molar-refractivity contribution is 5.80. The van der Waals surface area contributed by atoms with Gasteiger partial charge in [-0.25, -0.2) is 4.98 Å². The quantitative estimate of drug-likeness (QED) is 0.819. The molecule has 1 saturated heterocycles. The molecule has 106 valence electrons. The first-order valence-electron chi connectivity index (χ1n) is 6.82. The fourth-order valence-electron chi connectivity index (χ4n) is 2.66. The van der Waals surface area contributed by atoms with Gasteiger partial charge in [0.25, 0.3) is 0 Å². The van der Waals surface area contributed by atoms with Crippen LogP contribution in [-0.4, -0.2) is 45.9 Å². The summed E-state index contributed by atoms with van der Waals surface area (Å²) in [5, 5.41) is 3.20. The highest BCUT2D eigenvalue weighted by atomic mass is 16.1. The van der Waals surface area contributed by atoms with Crippen molar-refractivity contribution in [3.8, 4) is 0 Å². The number of imidazole rings is 1. The van der Waals surface area contributed by atoms with E-state index in [1.165, 1.54) is 5.56 Å². The van der Waals surface area contributed by atoms with Gasteiger partial charge in [-0.05, 0) is 18.6 Å². The molecule has 1 aliphatic heterocycles. The first-order chi connectivity index (χ1) is 9.63. The van der Waals surface area contributed by atoms with E-state index in [0.717, 1.165) is 24.4 Å². The minimum Gasteiger partial charge on any atom is -0.368 e. The predicted octanol–water partition coefficient (Wildman–Crippen LogP) is -0.0982. The number of rotatable bonds is 3. The molecule has 6 heteroatoms. The summed E-state index contributed by atoms with van der Waals surface area (Å²) in [5.41, 5.74) is 8.54. The van der Waals surface area contributed by atoms with Gasteiger partial charge in [0.1, 0.15) is 11.7 Å². The summed E-state index contributed by atoms with van der Waals surface area (Å²) in [4.78, 5) is 18.2. The van der Waals surface area contributed by atoms with Crippen LogP contribution in [0.3, 0.4) is 0 Å². The van der Waals surface area contributed by atoms with Crippen molar-refractivity contribution < 1.29 is 4.79 Å². The summed E-state index contributed by atoms with van der Waals surface area (Å²) in [7, 11) is 0. The van der Waals surface area contributed by atoms with E-state index in [9.17, 15) is 4.79 Å². The molecule has 0 bridgehead atoms. The SMILES string of the molecule is Cc1ccc2nc(CN3CCNCC3C(N)=O)cn2c1. The smallest absolute Gasteiger partial charge is 0.236 e. The third-order valence-electron chi connectivity index (χ3n) is 3.70. The minimum atomic E-state index is -0.281. The number of nitrogens with zero attached hydrogens (tertiary/aromatic N) is 3. The van der Waals surface area contributed by atoms with Gasteiger partial charge >= 0.3 is 0 Å². The summed E-state index contributed by atoms with van der Waals surface area (Å²) in [6, 6.07) is 3.79. The normalized spacial score (nSPS) is 20.4. The number of hydrogen-bond acceptors (Lipinski definition) is 4. The molecule has 2 aromatic heterocycles. The van der Waals surface area contributed by atoms with Crippen LogP contribution in [0.4, 0.5) is 0 Å². The lowest BCUT2D eigenvalue weighted by molar-refractivity contribution is -0.124. The van der Waals surface area contributed by atoms with E-state index in [4.69, 9.17) is 5.73 Å². The number of fused-ring (bicyclic) bond motifs is 1. The Labute approximate surface area is 117 Å². The average molecular weight is 273 g/mol. The van der Waals surface area contributed by atoms with Gasteiger partial charge in [0.2, 0.25) is 5.91 Å². The van der Waals surface area contributed by atoms with Gasteiger partial charge in [0.15, 0.2) is 0 Å². The van der Waals surface area contributed by atoms with Gasteiger partial charge < -0.3 is 15.5 Å². The van der Waals surface area contributed by atoms with E-state index in [2.05, 4.69) is 28.3 Å². The number of primary amides is 1. The number of pyridine rings is 1. The van der Waals surface area contributed by atoms with Gasteiger partial charge in [-0.3, -0.25) is 9.69 Å². The Hall–Kier alpha value is -1.92. The second kappa shape index (κ2) is 5.22. The molecule has 0 saturated carbocycles. The lowest BCUT2D eigenvalue weighted by Crippen LogP contribution is -2.56. The molecule has 3 N–H and O–H groups in total. The van der Waals surface area contributed by atoms with Crippen LogP contribution in [0.15, 0.2) is 24.5 Å². The lowest BCUT2D eigenvalue weighted by atomic mass is 10.1. The molecule has 1 amide bonds. The second-order valence-corrected chi connectivity index (χ2v) is 5.30. The first kappa shape index (κ1) is 13.1. The molecule has 2 aromatic rings. The molecule has 3 heterocycles. The van der Waals surface area contributed by atoms with Crippen molar-refractivity contribution in [1.29, 1.82) is 0 Å². The van der Waals surface area contributed by atoms with Crippen molar-refractivity contribution in [2.45, 2.75) is 19.5 Å². The molecule has 0 aliphatic carbocycles. The second-order valence-electron chi connectivity index (χ2n) is 5.30. The Bertz CT molecular complexity index is 636. The van der Waals surface area contributed by atoms with E-state index in [1.807, 2.05) is 22.7 Å². The number of carbonyl (C=O) groups excluding carboxylic acids is 1. The number of hydrogen-bond donors (Lipinski definition) is 2. The van der Waals surface area contributed by atoms with Crippen LogP contribution in [-0.2, 0) is 11.3 Å². The standard InChI is InChI=1S/C14H19N5O/c1-10-2-3-13-17-11(9-19(13)7-10)8-18-5-4-16-6-12(18)14(15)20/h2-3,7,9,12,16H,4-6,8H2,1H3,(H2,15,20). The van der Waals surface area contributed by atoms with Crippen LogP contribution in [0.1, 0.15) is 11.3 Å². The number of carbonyl (C=O) groups is 1. The van der Waals surface area contributed by atoms with E-state index in [1.54, 1.807) is 0 Å². The number of nitrogens with one attached hydrogen (secondary N) is 1. The van der Waals surface area contributed by atoms with Crippen LogP contribution < -0.4 is 11.1 Å². The van der Waals surface area contributed by atoms with Crippen molar-refractivity contribution >= 4 is 11.6 Å². The van der Waals surface area contributed by atoms with Crippen molar-refractivity contribution in [3.63, 3.8) is 0 Å². The maximum absolute atomic E-state index is 11.5. The maximum Gasteiger partial charge on any atom is 0.236 e. The van der Waals surface area contributed by atoms with E-state index in [-0.39, 0.29) is 11.9 Å². The monoisotopic (exact) mass is 273 g/mol. The van der Waals surface area contributed by atoms with Gasteiger partial charge in [-0.1, -0.05) is 6.07 Å². The summed E-state index contributed by atoms with van der Waals surface area (Å²) in [5.74, 6) is -0.281. The molecule has 6 nitrogen and oxygen atoms in total. The molecule has 0 aromatic carbocycles. The molecule has 1 fully saturated rings. The van der Waals surface area contributed by atoms with Crippen LogP contribution in [0.25, 0.3) is 5.65 Å². The molecule has 1 atom stereocenters. The van der Waals surface area contributed by atoms with Crippen molar-refractivity contribution in [2.75, 3.05) is 19.6 Å². The lowest BCUT2D eigenvalue weighted by Gasteiger charge is -2.33. The Morgan fingerprint density at radius 3 is 3.15 bits per heavy atom. The van der Waals surface area contributed by atoms with Gasteiger partial charge in [0.05, 0.1) is 5.69 Å². The molecule has 3 rings (SSSR count). The van der Waals surface area contributed by atoms with Crippen molar-refractivity contribution in [3.05, 3.63) is 35.8 Å². The molecule has 0 radical (unpaired) electrons. The predicted molar refractivity (Wildman–Crippen MR) is 76.2 cm³/mol. The highest BCUT2D eigenvalue weighted by Gasteiger charge is 2.27. The third kappa shape index (κ3) is 2.52. The van der Waals surface area contributed by atoms with Gasteiger partial charge in [-0.15, -0.1) is 0 Å². The zero-order valence-corrected chi connectivity index (χ0v) is 11.5. The number of aromatic nitrogens is 2. The highest BCUT2D eigenvalue weighted by Crippen LogP contribution is 2.12. The van der Waals surface area contributed by atoms with Crippen LogP contribution in [0, 0.1) is 6.92 Å². The first-order valence-corrected chi connectivity index (χ1v) is 6.82. The molecule has 20 heavy (non-hydrogen) atoms. The number of aryl methyl sites for hydroxylation is 1. The fourth-order valence-corrected chi connectivity index (χ4v) is 2.66. The van der Waals surface area contributed by atoms with Crippen LogP contribution >= 0.6 is 0 Å². The Morgan fingerprint density at radius 1 is 1.50 bits per heavy atom. The number of amides is 1. The molecule has 0 spiro atoms. The number of nitrogens with two attached hydrogens (primary N) is 1. The topological polar surface area (TPSA) is 75.7 Å². The Balaban J connectivity index is 1.82. The molecule has 1 aliphatic rings. The zero-order valence-electron chi connectivity index (χ0n) is 11.5. The third-order valence-corrected chi connectivity index (χ3v) is 3.70. The summed E-state index contributed by atoms with van der Waals surface area (Å²) in [6.45, 7) is 4.99. The molecular weight excluding hydrogens is 254 g/mol. The maximum atomic E-state index is 11.5. The Kier molecular flexibility index (Phi) is 3.42. The largest absolute Gasteiger partial charge is 0.368 e. The van der Waals surface area contributed by atoms with Crippen LogP contribution in [0.2, 0.25) is 0 Å². The van der Waals surface area contributed by atoms with Gasteiger partial charge in [0, 0.05) is 38.6 Å².